The summed E-state index contributed by atoms with van der Waals surface area (Å²) in [7, 11) is 0. The Balaban J connectivity index is 2.40. The molecule has 68 valence electrons. The molecule has 4 heteroatoms. The van der Waals surface area contributed by atoms with Gasteiger partial charge in [-0.05, 0) is 42.1 Å². The average Bonchev–Trinajstić information content (AvgIpc) is 2.59. The molecule has 2 rings (SSSR count). The molecule has 0 fully saturated rings. The summed E-state index contributed by atoms with van der Waals surface area (Å²) in [4.78, 5) is 13.4. The fraction of sp³-hybridized carbons (Fsp3) is 0.222. The average molecular weight is 194 g/mol. The SMILES string of the molecule is NSc1ccc2c(c1)CCN2C=O. The van der Waals surface area contributed by atoms with E-state index in [0.29, 0.717) is 0 Å². The minimum atomic E-state index is 0.789. The van der Waals surface area contributed by atoms with Crippen molar-refractivity contribution in [2.24, 2.45) is 5.14 Å². The van der Waals surface area contributed by atoms with Crippen molar-refractivity contribution in [2.75, 3.05) is 11.4 Å². The fourth-order valence-corrected chi connectivity index (χ4v) is 1.94. The van der Waals surface area contributed by atoms with Crippen LogP contribution in [0.2, 0.25) is 0 Å². The Bertz CT molecular complexity index is 340. The number of nitrogens with two attached hydrogens (primary N) is 1. The summed E-state index contributed by atoms with van der Waals surface area (Å²) < 4.78 is 0. The Hall–Kier alpha value is -1.00. The van der Waals surface area contributed by atoms with E-state index < -0.39 is 0 Å². The van der Waals surface area contributed by atoms with Crippen molar-refractivity contribution in [2.45, 2.75) is 11.3 Å². The van der Waals surface area contributed by atoms with Crippen LogP contribution in [0.15, 0.2) is 23.1 Å². The van der Waals surface area contributed by atoms with Crippen molar-refractivity contribution < 1.29 is 4.79 Å². The molecule has 0 bridgehead atoms. The summed E-state index contributed by atoms with van der Waals surface area (Å²) in [6, 6.07) is 5.93. The molecule has 3 nitrogen and oxygen atoms in total. The van der Waals surface area contributed by atoms with Gasteiger partial charge in [0, 0.05) is 17.1 Å². The number of hydrogen-bond donors (Lipinski definition) is 1. The molecule has 0 aliphatic carbocycles. The summed E-state index contributed by atoms with van der Waals surface area (Å²) >= 11 is 1.24. The van der Waals surface area contributed by atoms with Gasteiger partial charge in [-0.3, -0.25) is 9.93 Å². The first-order chi connectivity index (χ1) is 6.35. The molecule has 1 aliphatic heterocycles. The molecule has 0 atom stereocenters. The summed E-state index contributed by atoms with van der Waals surface area (Å²) in [5.41, 5.74) is 2.23. The lowest BCUT2D eigenvalue weighted by atomic mass is 10.2. The monoisotopic (exact) mass is 194 g/mol. The van der Waals surface area contributed by atoms with E-state index in [0.717, 1.165) is 30.0 Å². The zero-order chi connectivity index (χ0) is 9.26. The van der Waals surface area contributed by atoms with E-state index in [1.807, 2.05) is 18.2 Å². The van der Waals surface area contributed by atoms with E-state index in [1.54, 1.807) is 4.90 Å². The Morgan fingerprint density at radius 3 is 3.08 bits per heavy atom. The molecule has 1 amide bonds. The Kier molecular flexibility index (Phi) is 2.24. The Labute approximate surface area is 81.0 Å². The van der Waals surface area contributed by atoms with Gasteiger partial charge in [-0.2, -0.15) is 0 Å². The molecule has 0 saturated heterocycles. The summed E-state index contributed by atoms with van der Waals surface area (Å²) in [5.74, 6) is 0. The molecule has 0 spiro atoms. The van der Waals surface area contributed by atoms with Gasteiger partial charge in [-0.25, -0.2) is 0 Å². The number of carbonyl (C=O) groups is 1. The third kappa shape index (κ3) is 1.43. The van der Waals surface area contributed by atoms with Gasteiger partial charge in [-0.15, -0.1) is 0 Å². The van der Waals surface area contributed by atoms with Crippen LogP contribution in [0.5, 0.6) is 0 Å². The molecule has 13 heavy (non-hydrogen) atoms. The van der Waals surface area contributed by atoms with Crippen LogP contribution in [0, 0.1) is 0 Å². The summed E-state index contributed by atoms with van der Waals surface area (Å²) in [6.07, 6.45) is 1.81. The van der Waals surface area contributed by atoms with Crippen molar-refractivity contribution in [1.29, 1.82) is 0 Å². The van der Waals surface area contributed by atoms with Gasteiger partial charge in [0.1, 0.15) is 0 Å². The smallest absolute Gasteiger partial charge is 0.214 e. The highest BCUT2D eigenvalue weighted by atomic mass is 32.2. The quantitative estimate of drug-likeness (QED) is 0.568. The topological polar surface area (TPSA) is 46.3 Å². The largest absolute Gasteiger partial charge is 0.314 e. The highest BCUT2D eigenvalue weighted by molar-refractivity contribution is 7.97. The number of anilines is 1. The van der Waals surface area contributed by atoms with Crippen LogP contribution in [0.4, 0.5) is 5.69 Å². The third-order valence-electron chi connectivity index (χ3n) is 2.25. The first-order valence-corrected chi connectivity index (χ1v) is 4.94. The van der Waals surface area contributed by atoms with E-state index in [4.69, 9.17) is 5.14 Å². The third-order valence-corrected chi connectivity index (χ3v) is 2.77. The zero-order valence-corrected chi connectivity index (χ0v) is 7.88. The molecular weight excluding hydrogens is 184 g/mol. The normalized spacial score (nSPS) is 14.4. The number of hydrogen-bond acceptors (Lipinski definition) is 3. The van der Waals surface area contributed by atoms with Crippen molar-refractivity contribution in [3.05, 3.63) is 23.8 Å². The van der Waals surface area contributed by atoms with Crippen molar-refractivity contribution in [3.8, 4) is 0 Å². The van der Waals surface area contributed by atoms with Gasteiger partial charge in [0.25, 0.3) is 0 Å². The molecule has 1 aliphatic rings. The Morgan fingerprint density at radius 1 is 1.54 bits per heavy atom. The molecule has 0 radical (unpaired) electrons. The lowest BCUT2D eigenvalue weighted by molar-refractivity contribution is -0.107. The maximum atomic E-state index is 10.6. The van der Waals surface area contributed by atoms with Crippen LogP contribution >= 0.6 is 11.9 Å². The first-order valence-electron chi connectivity index (χ1n) is 4.07. The number of rotatable bonds is 2. The molecule has 0 saturated carbocycles. The van der Waals surface area contributed by atoms with Gasteiger partial charge >= 0.3 is 0 Å². The molecular formula is C9H10N2OS. The molecule has 1 heterocycles. The Morgan fingerprint density at radius 2 is 2.38 bits per heavy atom. The van der Waals surface area contributed by atoms with E-state index >= 15 is 0 Å². The second kappa shape index (κ2) is 3.40. The number of carbonyl (C=O) groups excluding carboxylic acids is 1. The number of fused-ring (bicyclic) bond motifs is 1. The van der Waals surface area contributed by atoms with Gasteiger partial charge in [0.15, 0.2) is 0 Å². The predicted molar refractivity (Wildman–Crippen MR) is 53.6 cm³/mol. The van der Waals surface area contributed by atoms with Crippen molar-refractivity contribution >= 4 is 24.0 Å². The molecule has 1 aromatic rings. The van der Waals surface area contributed by atoms with E-state index in [9.17, 15) is 4.79 Å². The second-order valence-corrected chi connectivity index (χ2v) is 3.66. The number of nitrogens with zero attached hydrogens (tertiary/aromatic N) is 1. The van der Waals surface area contributed by atoms with Crippen LogP contribution in [0.3, 0.4) is 0 Å². The van der Waals surface area contributed by atoms with Gasteiger partial charge in [0.2, 0.25) is 6.41 Å². The second-order valence-electron chi connectivity index (χ2n) is 2.96. The van der Waals surface area contributed by atoms with Crippen LogP contribution in [0.25, 0.3) is 0 Å². The number of amides is 1. The first kappa shape index (κ1) is 8.59. The lowest BCUT2D eigenvalue weighted by Gasteiger charge is -2.09. The molecule has 1 aromatic carbocycles. The van der Waals surface area contributed by atoms with Crippen LogP contribution in [-0.2, 0) is 11.2 Å². The highest BCUT2D eigenvalue weighted by Gasteiger charge is 2.17. The lowest BCUT2D eigenvalue weighted by Crippen LogP contribution is -2.17. The molecule has 2 N–H and O–H groups in total. The van der Waals surface area contributed by atoms with E-state index in [-0.39, 0.29) is 0 Å². The van der Waals surface area contributed by atoms with Gasteiger partial charge in [0.05, 0.1) is 0 Å². The highest BCUT2D eigenvalue weighted by Crippen LogP contribution is 2.29. The summed E-state index contributed by atoms with van der Waals surface area (Å²) in [5, 5.41) is 5.44. The van der Waals surface area contributed by atoms with Crippen molar-refractivity contribution in [1.82, 2.24) is 0 Å². The predicted octanol–water partition coefficient (Wildman–Crippen LogP) is 1.17. The molecule has 0 aromatic heterocycles. The standard InChI is InChI=1S/C9H10N2OS/c10-13-8-1-2-9-7(5-8)3-4-11(9)6-12/h1-2,5-6H,3-4,10H2. The van der Waals surface area contributed by atoms with Crippen LogP contribution in [-0.4, -0.2) is 13.0 Å². The number of benzene rings is 1. The minimum Gasteiger partial charge on any atom is -0.314 e. The summed E-state index contributed by atoms with van der Waals surface area (Å²) in [6.45, 7) is 0.789. The maximum Gasteiger partial charge on any atom is 0.214 e. The molecule has 0 unspecified atom stereocenters. The maximum absolute atomic E-state index is 10.6. The van der Waals surface area contributed by atoms with Crippen molar-refractivity contribution in [3.63, 3.8) is 0 Å². The van der Waals surface area contributed by atoms with Gasteiger partial charge in [-0.1, -0.05) is 0 Å². The van der Waals surface area contributed by atoms with Crippen LogP contribution in [0.1, 0.15) is 5.56 Å². The van der Waals surface area contributed by atoms with Crippen LogP contribution < -0.4 is 10.0 Å². The van der Waals surface area contributed by atoms with E-state index in [2.05, 4.69) is 0 Å². The fourth-order valence-electron chi connectivity index (χ4n) is 1.59. The minimum absolute atomic E-state index is 0.789. The zero-order valence-electron chi connectivity index (χ0n) is 7.06. The van der Waals surface area contributed by atoms with Gasteiger partial charge < -0.3 is 4.90 Å². The van der Waals surface area contributed by atoms with E-state index in [1.165, 1.54) is 17.5 Å².